The van der Waals surface area contributed by atoms with Gasteiger partial charge in [-0.1, -0.05) is 38.1 Å². The van der Waals surface area contributed by atoms with E-state index in [1.807, 2.05) is 4.90 Å². The van der Waals surface area contributed by atoms with Crippen molar-refractivity contribution < 1.29 is 9.52 Å². The van der Waals surface area contributed by atoms with Gasteiger partial charge in [0.05, 0.1) is 0 Å². The summed E-state index contributed by atoms with van der Waals surface area (Å²) in [6.45, 7) is 9.16. The third kappa shape index (κ3) is 4.45. The van der Waals surface area contributed by atoms with Gasteiger partial charge in [0.15, 0.2) is 12.4 Å². The molecule has 5 heteroatoms. The lowest BCUT2D eigenvalue weighted by molar-refractivity contribution is -0.605. The minimum absolute atomic E-state index is 0.0199. The summed E-state index contributed by atoms with van der Waals surface area (Å²) in [6.07, 6.45) is 6.19. The summed E-state index contributed by atoms with van der Waals surface area (Å²) < 4.78 is 0.700. The van der Waals surface area contributed by atoms with Crippen LogP contribution < -0.4 is 4.73 Å². The lowest BCUT2D eigenvalue weighted by Crippen LogP contribution is -2.45. The molecule has 2 fully saturated rings. The van der Waals surface area contributed by atoms with Crippen molar-refractivity contribution in [3.05, 3.63) is 70.7 Å². The van der Waals surface area contributed by atoms with Crippen LogP contribution in [0.1, 0.15) is 60.5 Å². The first kappa shape index (κ1) is 19.9. The van der Waals surface area contributed by atoms with Crippen LogP contribution in [0.2, 0.25) is 0 Å². The summed E-state index contributed by atoms with van der Waals surface area (Å²) in [5.74, 6) is 0.540. The lowest BCUT2D eigenvalue weighted by atomic mass is 9.79. The van der Waals surface area contributed by atoms with Crippen LogP contribution >= 0.6 is 0 Å². The molecule has 0 unspecified atom stereocenters. The molecule has 3 heterocycles. The number of piperidine rings is 1. The molecule has 1 aromatic heterocycles. The number of nitrogens with zero attached hydrogens (tertiary/aromatic N) is 3. The van der Waals surface area contributed by atoms with Gasteiger partial charge in [-0.05, 0) is 48.9 Å². The van der Waals surface area contributed by atoms with E-state index in [9.17, 15) is 10.0 Å². The molecule has 0 N–H and O–H groups in total. The second-order valence-corrected chi connectivity index (χ2v) is 9.14. The summed E-state index contributed by atoms with van der Waals surface area (Å²) >= 11 is 0. The zero-order chi connectivity index (χ0) is 20.4. The molecule has 0 saturated carbocycles. The van der Waals surface area contributed by atoms with Crippen LogP contribution in [0.15, 0.2) is 48.8 Å². The smallest absolute Gasteiger partial charge is 0.259 e. The highest BCUT2D eigenvalue weighted by atomic mass is 16.5. The van der Waals surface area contributed by atoms with Gasteiger partial charge in [0.1, 0.15) is 5.56 Å². The van der Waals surface area contributed by atoms with Gasteiger partial charge < -0.3 is 10.1 Å². The zero-order valence-electron chi connectivity index (χ0n) is 17.5. The molecule has 2 saturated heterocycles. The Bertz CT molecular complexity index is 865. The van der Waals surface area contributed by atoms with E-state index in [0.29, 0.717) is 16.2 Å². The first-order valence-corrected chi connectivity index (χ1v) is 10.7. The average Bonchev–Trinajstić information content (AvgIpc) is 3.11. The maximum atomic E-state index is 12.8. The Morgan fingerprint density at radius 3 is 2.66 bits per heavy atom. The fourth-order valence-corrected chi connectivity index (χ4v) is 4.92. The minimum atomic E-state index is -0.0199. The summed E-state index contributed by atoms with van der Waals surface area (Å²) in [6, 6.07) is 12.4. The van der Waals surface area contributed by atoms with Crippen LogP contribution in [0, 0.1) is 10.6 Å². The van der Waals surface area contributed by atoms with Gasteiger partial charge >= 0.3 is 0 Å². The van der Waals surface area contributed by atoms with Crippen LogP contribution in [-0.4, -0.2) is 41.9 Å². The largest absolute Gasteiger partial charge is 0.619 e. The van der Waals surface area contributed by atoms with Crippen molar-refractivity contribution in [1.82, 2.24) is 9.80 Å². The monoisotopic (exact) mass is 393 g/mol. The number of likely N-dealkylation sites (tertiary alicyclic amines) is 2. The molecule has 0 aliphatic carbocycles. The number of benzene rings is 1. The molecular formula is C24H31N3O2. The second kappa shape index (κ2) is 8.15. The van der Waals surface area contributed by atoms with E-state index in [4.69, 9.17) is 0 Å². The van der Waals surface area contributed by atoms with Crippen molar-refractivity contribution in [2.45, 2.75) is 45.6 Å². The predicted octanol–water partition coefficient (Wildman–Crippen LogP) is 3.57. The van der Waals surface area contributed by atoms with Crippen LogP contribution in [0.25, 0.3) is 0 Å². The highest BCUT2D eigenvalue weighted by Crippen LogP contribution is 2.39. The normalized spacial score (nSPS) is 22.5. The van der Waals surface area contributed by atoms with Crippen molar-refractivity contribution in [1.29, 1.82) is 0 Å². The molecule has 1 atom stereocenters. The number of pyridine rings is 1. The van der Waals surface area contributed by atoms with Gasteiger partial charge in [-0.3, -0.25) is 9.69 Å². The molecule has 1 amide bonds. The zero-order valence-corrected chi connectivity index (χ0v) is 17.5. The second-order valence-electron chi connectivity index (χ2n) is 9.14. The Morgan fingerprint density at radius 2 is 1.93 bits per heavy atom. The third-order valence-electron chi connectivity index (χ3n) is 6.54. The highest BCUT2D eigenvalue weighted by molar-refractivity contribution is 5.93. The number of carbonyl (C=O) groups excluding carboxylic acids is 1. The van der Waals surface area contributed by atoms with Crippen molar-refractivity contribution in [3.8, 4) is 0 Å². The summed E-state index contributed by atoms with van der Waals surface area (Å²) in [4.78, 5) is 17.3. The first-order chi connectivity index (χ1) is 13.9. The summed E-state index contributed by atoms with van der Waals surface area (Å²) in [5, 5.41) is 11.5. The van der Waals surface area contributed by atoms with Gasteiger partial charge in [0.2, 0.25) is 0 Å². The molecule has 154 valence electrons. The molecule has 2 aliphatic rings. The van der Waals surface area contributed by atoms with Crippen LogP contribution in [0.5, 0.6) is 0 Å². The van der Waals surface area contributed by atoms with E-state index < -0.39 is 0 Å². The average molecular weight is 394 g/mol. The van der Waals surface area contributed by atoms with Gasteiger partial charge in [0, 0.05) is 37.7 Å². The quantitative estimate of drug-likeness (QED) is 0.589. The SMILES string of the molecule is CC(C)c1ccc(CN2CCC[C@]3(CCN(C(=O)c4ccc[n+]([O-])c4)C3)C2)cc1. The number of hydrogen-bond acceptors (Lipinski definition) is 3. The third-order valence-corrected chi connectivity index (χ3v) is 6.54. The van der Waals surface area contributed by atoms with Crippen LogP contribution in [0.4, 0.5) is 0 Å². The van der Waals surface area contributed by atoms with E-state index in [-0.39, 0.29) is 11.3 Å². The predicted molar refractivity (Wildman–Crippen MR) is 113 cm³/mol. The maximum Gasteiger partial charge on any atom is 0.259 e. The molecule has 2 aliphatic heterocycles. The topological polar surface area (TPSA) is 50.5 Å². The van der Waals surface area contributed by atoms with Crippen molar-refractivity contribution in [3.63, 3.8) is 0 Å². The van der Waals surface area contributed by atoms with Crippen molar-refractivity contribution in [2.75, 3.05) is 26.2 Å². The Morgan fingerprint density at radius 1 is 1.14 bits per heavy atom. The van der Waals surface area contributed by atoms with Crippen LogP contribution in [-0.2, 0) is 6.54 Å². The standard InChI is InChI=1S/C24H31N3O2/c1-19(2)21-8-6-20(7-9-21)15-25-12-4-10-24(17-25)11-14-26(18-24)23(28)22-5-3-13-27(29)16-22/h3,5-9,13,16,19H,4,10-12,14-15,17-18H2,1-2H3/t24-/m0/s1. The fraction of sp³-hybridized carbons (Fsp3) is 0.500. The van der Waals surface area contributed by atoms with Crippen LogP contribution in [0.3, 0.4) is 0 Å². The number of hydrogen-bond donors (Lipinski definition) is 0. The number of rotatable bonds is 4. The molecule has 29 heavy (non-hydrogen) atoms. The molecule has 1 spiro atoms. The van der Waals surface area contributed by atoms with E-state index >= 15 is 0 Å². The lowest BCUT2D eigenvalue weighted by Gasteiger charge is -2.40. The maximum absolute atomic E-state index is 12.8. The van der Waals surface area contributed by atoms with Gasteiger partial charge in [0.25, 0.3) is 5.91 Å². The Kier molecular flexibility index (Phi) is 5.59. The van der Waals surface area contributed by atoms with Gasteiger partial charge in [-0.25, -0.2) is 0 Å². The summed E-state index contributed by atoms with van der Waals surface area (Å²) in [7, 11) is 0. The molecule has 0 radical (unpaired) electrons. The van der Waals surface area contributed by atoms with Crippen molar-refractivity contribution in [2.24, 2.45) is 5.41 Å². The number of carbonyl (C=O) groups is 1. The Balaban J connectivity index is 1.39. The van der Waals surface area contributed by atoms with E-state index in [0.717, 1.165) is 39.1 Å². The Labute approximate surface area is 173 Å². The number of amides is 1. The number of aromatic nitrogens is 1. The van der Waals surface area contributed by atoms with E-state index in [1.54, 1.807) is 12.1 Å². The first-order valence-electron chi connectivity index (χ1n) is 10.7. The molecule has 2 aromatic rings. The van der Waals surface area contributed by atoms with Gasteiger partial charge in [-0.15, -0.1) is 0 Å². The summed E-state index contributed by atoms with van der Waals surface area (Å²) in [5.41, 5.74) is 3.42. The van der Waals surface area contributed by atoms with E-state index in [1.165, 1.54) is 36.4 Å². The minimum Gasteiger partial charge on any atom is -0.619 e. The fourth-order valence-electron chi connectivity index (χ4n) is 4.92. The molecule has 4 rings (SSSR count). The highest BCUT2D eigenvalue weighted by Gasteiger charge is 2.43. The van der Waals surface area contributed by atoms with E-state index in [2.05, 4.69) is 43.0 Å². The molecule has 1 aromatic carbocycles. The van der Waals surface area contributed by atoms with Crippen molar-refractivity contribution >= 4 is 5.91 Å². The van der Waals surface area contributed by atoms with Gasteiger partial charge in [-0.2, -0.15) is 4.73 Å². The molecular weight excluding hydrogens is 362 g/mol. The Hall–Kier alpha value is -2.40. The molecule has 0 bridgehead atoms. The molecule has 5 nitrogen and oxygen atoms in total.